The molecule has 0 aliphatic rings. The molecule has 0 radical (unpaired) electrons. The highest BCUT2D eigenvalue weighted by Crippen LogP contribution is 2.22. The second kappa shape index (κ2) is 9.80. The van der Waals surface area contributed by atoms with Gasteiger partial charge in [0, 0.05) is 0 Å². The Balaban J connectivity index is 3.12. The fraction of sp³-hybridized carbons (Fsp3) is 1.00. The second-order valence-electron chi connectivity index (χ2n) is 8.49. The Morgan fingerprint density at radius 1 is 0.526 bits per heavy atom. The highest BCUT2D eigenvalue weighted by atomic mass is 14.8. The molecule has 0 aliphatic heterocycles. The number of hydrogen-bond donors (Lipinski definition) is 1. The molecular formula is C18H39N. The first-order valence-corrected chi connectivity index (χ1v) is 8.41. The zero-order valence-electron chi connectivity index (χ0n) is 14.6. The molecule has 0 saturated heterocycles. The second-order valence-corrected chi connectivity index (χ2v) is 8.49. The molecule has 0 aromatic carbocycles. The van der Waals surface area contributed by atoms with Crippen molar-refractivity contribution in [1.29, 1.82) is 0 Å². The summed E-state index contributed by atoms with van der Waals surface area (Å²) in [7, 11) is 0. The first-order valence-electron chi connectivity index (χ1n) is 8.41. The fourth-order valence-electron chi connectivity index (χ4n) is 2.29. The molecule has 0 aromatic rings. The predicted molar refractivity (Wildman–Crippen MR) is 88.7 cm³/mol. The van der Waals surface area contributed by atoms with Gasteiger partial charge in [-0.1, -0.05) is 67.2 Å². The quantitative estimate of drug-likeness (QED) is 0.495. The van der Waals surface area contributed by atoms with Gasteiger partial charge in [0.1, 0.15) is 0 Å². The number of hydrogen-bond acceptors (Lipinski definition) is 1. The summed E-state index contributed by atoms with van der Waals surface area (Å²) in [5.74, 6) is 0. The van der Waals surface area contributed by atoms with E-state index in [-0.39, 0.29) is 0 Å². The van der Waals surface area contributed by atoms with Crippen LogP contribution < -0.4 is 5.32 Å². The van der Waals surface area contributed by atoms with Crippen molar-refractivity contribution >= 4 is 0 Å². The van der Waals surface area contributed by atoms with Crippen molar-refractivity contribution in [1.82, 2.24) is 5.32 Å². The molecule has 0 heterocycles. The zero-order valence-corrected chi connectivity index (χ0v) is 14.6. The van der Waals surface area contributed by atoms with Crippen molar-refractivity contribution in [3.8, 4) is 0 Å². The zero-order chi connectivity index (χ0) is 14.8. The third-order valence-electron chi connectivity index (χ3n) is 3.56. The van der Waals surface area contributed by atoms with Gasteiger partial charge in [0.2, 0.25) is 0 Å². The lowest BCUT2D eigenvalue weighted by Crippen LogP contribution is -2.17. The lowest BCUT2D eigenvalue weighted by molar-refractivity contribution is 0.354. The SMILES string of the molecule is CC(C)(C)CCCCCNCCCCCC(C)(C)C. The van der Waals surface area contributed by atoms with Crippen LogP contribution in [0.2, 0.25) is 0 Å². The molecule has 0 fully saturated rings. The third kappa shape index (κ3) is 18.0. The number of unbranched alkanes of at least 4 members (excludes halogenated alkanes) is 4. The molecule has 0 aliphatic carbocycles. The molecule has 1 N–H and O–H groups in total. The first-order chi connectivity index (χ1) is 8.71. The van der Waals surface area contributed by atoms with E-state index in [2.05, 4.69) is 46.9 Å². The van der Waals surface area contributed by atoms with E-state index in [1.54, 1.807) is 0 Å². The van der Waals surface area contributed by atoms with Crippen LogP contribution in [-0.4, -0.2) is 13.1 Å². The van der Waals surface area contributed by atoms with Gasteiger partial charge in [-0.3, -0.25) is 0 Å². The van der Waals surface area contributed by atoms with Crippen LogP contribution in [0.3, 0.4) is 0 Å². The average Bonchev–Trinajstić information content (AvgIpc) is 2.22. The van der Waals surface area contributed by atoms with Crippen LogP contribution in [0.1, 0.15) is 92.9 Å². The van der Waals surface area contributed by atoms with E-state index in [4.69, 9.17) is 0 Å². The van der Waals surface area contributed by atoms with Crippen LogP contribution in [-0.2, 0) is 0 Å². The molecule has 19 heavy (non-hydrogen) atoms. The van der Waals surface area contributed by atoms with Crippen molar-refractivity contribution < 1.29 is 0 Å². The van der Waals surface area contributed by atoms with Crippen LogP contribution in [0, 0.1) is 10.8 Å². The van der Waals surface area contributed by atoms with E-state index in [9.17, 15) is 0 Å². The maximum absolute atomic E-state index is 3.58. The lowest BCUT2D eigenvalue weighted by atomic mass is 9.89. The van der Waals surface area contributed by atoms with Gasteiger partial charge in [-0.2, -0.15) is 0 Å². The maximum atomic E-state index is 3.58. The summed E-state index contributed by atoms with van der Waals surface area (Å²) in [6, 6.07) is 0. The normalized spacial score (nSPS) is 12.9. The number of rotatable bonds is 10. The van der Waals surface area contributed by atoms with E-state index in [1.807, 2.05) is 0 Å². The predicted octanol–water partition coefficient (Wildman–Crippen LogP) is 5.79. The molecule has 0 saturated carbocycles. The molecule has 0 bridgehead atoms. The van der Waals surface area contributed by atoms with E-state index in [1.165, 1.54) is 64.5 Å². The Hall–Kier alpha value is -0.0400. The minimum Gasteiger partial charge on any atom is -0.317 e. The molecule has 0 spiro atoms. The minimum atomic E-state index is 0.514. The molecule has 0 unspecified atom stereocenters. The monoisotopic (exact) mass is 269 g/mol. The van der Waals surface area contributed by atoms with Crippen molar-refractivity contribution in [3.63, 3.8) is 0 Å². The van der Waals surface area contributed by atoms with E-state index in [0.29, 0.717) is 10.8 Å². The topological polar surface area (TPSA) is 12.0 Å². The summed E-state index contributed by atoms with van der Waals surface area (Å²) in [5.41, 5.74) is 1.03. The Bertz CT molecular complexity index is 173. The molecular weight excluding hydrogens is 230 g/mol. The van der Waals surface area contributed by atoms with Crippen molar-refractivity contribution in [2.45, 2.75) is 92.9 Å². The van der Waals surface area contributed by atoms with Gasteiger partial charge in [0.05, 0.1) is 0 Å². The first kappa shape index (κ1) is 19.0. The minimum absolute atomic E-state index is 0.514. The van der Waals surface area contributed by atoms with Crippen LogP contribution in [0.15, 0.2) is 0 Å². The molecule has 116 valence electrons. The Labute approximate surface area is 122 Å². The molecule has 0 amide bonds. The fourth-order valence-corrected chi connectivity index (χ4v) is 2.29. The molecule has 1 heteroatoms. The number of nitrogens with one attached hydrogen (secondary N) is 1. The van der Waals surface area contributed by atoms with Crippen molar-refractivity contribution in [2.24, 2.45) is 10.8 Å². The van der Waals surface area contributed by atoms with E-state index >= 15 is 0 Å². The van der Waals surface area contributed by atoms with Crippen molar-refractivity contribution in [2.75, 3.05) is 13.1 Å². The summed E-state index contributed by atoms with van der Waals surface area (Å²) >= 11 is 0. The Morgan fingerprint density at radius 2 is 0.895 bits per heavy atom. The van der Waals surface area contributed by atoms with Crippen LogP contribution in [0.4, 0.5) is 0 Å². The van der Waals surface area contributed by atoms with E-state index in [0.717, 1.165) is 0 Å². The third-order valence-corrected chi connectivity index (χ3v) is 3.56. The van der Waals surface area contributed by atoms with Gasteiger partial charge in [-0.15, -0.1) is 0 Å². The van der Waals surface area contributed by atoms with Crippen molar-refractivity contribution in [3.05, 3.63) is 0 Å². The van der Waals surface area contributed by atoms with Gasteiger partial charge < -0.3 is 5.32 Å². The maximum Gasteiger partial charge on any atom is -0.00489 e. The Kier molecular flexibility index (Phi) is 9.78. The molecule has 0 aromatic heterocycles. The highest BCUT2D eigenvalue weighted by molar-refractivity contribution is 4.62. The summed E-state index contributed by atoms with van der Waals surface area (Å²) in [4.78, 5) is 0. The van der Waals surface area contributed by atoms with Gasteiger partial charge in [-0.05, 0) is 49.6 Å². The standard InChI is InChI=1S/C18H39N/c1-17(2,3)13-9-7-11-15-19-16-12-8-10-14-18(4,5)6/h19H,7-16H2,1-6H3. The molecule has 1 nitrogen and oxygen atoms in total. The van der Waals surface area contributed by atoms with Crippen LogP contribution >= 0.6 is 0 Å². The largest absolute Gasteiger partial charge is 0.317 e. The summed E-state index contributed by atoms with van der Waals surface area (Å²) in [5, 5.41) is 3.58. The van der Waals surface area contributed by atoms with Crippen LogP contribution in [0.5, 0.6) is 0 Å². The van der Waals surface area contributed by atoms with Gasteiger partial charge in [-0.25, -0.2) is 0 Å². The smallest absolute Gasteiger partial charge is 0.00489 e. The molecule has 0 atom stereocenters. The highest BCUT2D eigenvalue weighted by Gasteiger charge is 2.09. The van der Waals surface area contributed by atoms with Gasteiger partial charge in [0.25, 0.3) is 0 Å². The average molecular weight is 270 g/mol. The summed E-state index contributed by atoms with van der Waals surface area (Å²) in [6.07, 6.45) is 11.0. The van der Waals surface area contributed by atoms with Gasteiger partial charge in [0.15, 0.2) is 0 Å². The summed E-state index contributed by atoms with van der Waals surface area (Å²) < 4.78 is 0. The van der Waals surface area contributed by atoms with Gasteiger partial charge >= 0.3 is 0 Å². The summed E-state index contributed by atoms with van der Waals surface area (Å²) in [6.45, 7) is 16.4. The Morgan fingerprint density at radius 3 is 1.21 bits per heavy atom. The van der Waals surface area contributed by atoms with E-state index < -0.39 is 0 Å². The van der Waals surface area contributed by atoms with Crippen LogP contribution in [0.25, 0.3) is 0 Å². The molecule has 0 rings (SSSR count). The lowest BCUT2D eigenvalue weighted by Gasteiger charge is -2.17.